The molecule has 0 aliphatic carbocycles. The fourth-order valence-corrected chi connectivity index (χ4v) is 4.44. The number of hydrogen-bond donors (Lipinski definition) is 2. The molecule has 3 N–H and O–H groups in total. The van der Waals surface area contributed by atoms with Crippen LogP contribution < -0.4 is 10.6 Å². The second-order valence-electron chi connectivity index (χ2n) is 7.77. The third-order valence-electron chi connectivity index (χ3n) is 5.88. The molecule has 0 saturated carbocycles. The molecule has 32 heavy (non-hydrogen) atoms. The van der Waals surface area contributed by atoms with Crippen molar-refractivity contribution in [2.45, 2.75) is 18.9 Å². The van der Waals surface area contributed by atoms with Crippen LogP contribution in [-0.2, 0) is 0 Å². The predicted molar refractivity (Wildman–Crippen MR) is 118 cm³/mol. The number of aromatic nitrogens is 6. The number of fused-ring (bicyclic) bond motifs is 1. The van der Waals surface area contributed by atoms with E-state index in [0.717, 1.165) is 28.7 Å². The Hall–Kier alpha value is -3.71. The number of halogens is 2. The molecule has 5 heterocycles. The summed E-state index contributed by atoms with van der Waals surface area (Å²) in [5.41, 5.74) is 8.12. The number of nitrogens with two attached hydrogens (primary N) is 1. The van der Waals surface area contributed by atoms with Gasteiger partial charge in [0, 0.05) is 48.4 Å². The number of nitrogens with one attached hydrogen (secondary N) is 1. The number of H-pyrrole nitrogens is 1. The smallest absolute Gasteiger partial charge is 0.167 e. The fraction of sp³-hybridized carbons (Fsp3) is 0.286. The van der Waals surface area contributed by atoms with Gasteiger partial charge >= 0.3 is 0 Å². The quantitative estimate of drug-likeness (QED) is 0.444. The molecule has 1 aliphatic rings. The molecule has 0 spiro atoms. The zero-order valence-electron chi connectivity index (χ0n) is 16.9. The van der Waals surface area contributed by atoms with E-state index in [9.17, 15) is 9.65 Å². The van der Waals surface area contributed by atoms with Crippen molar-refractivity contribution in [2.24, 2.45) is 5.92 Å². The monoisotopic (exact) mass is 451 g/mol. The number of nitrogen functional groups attached to an aromatic ring is 1. The van der Waals surface area contributed by atoms with Crippen molar-refractivity contribution in [3.8, 4) is 17.3 Å². The maximum absolute atomic E-state index is 14.4. The molecule has 4 aromatic heterocycles. The Morgan fingerprint density at radius 1 is 1.41 bits per heavy atom. The summed E-state index contributed by atoms with van der Waals surface area (Å²) in [6.07, 6.45) is 8.01. The largest absolute Gasteiger partial charge is 0.396 e. The molecule has 9 nitrogen and oxygen atoms in total. The minimum atomic E-state index is -0.509. The molecular formula is C21H19ClFN9. The summed E-state index contributed by atoms with van der Waals surface area (Å²) in [7, 11) is 0. The highest BCUT2D eigenvalue weighted by molar-refractivity contribution is 6.31. The molecule has 0 radical (unpaired) electrons. The summed E-state index contributed by atoms with van der Waals surface area (Å²) >= 11 is 6.00. The standard InChI is InChI=1S/C21H19ClFN9/c22-19-16(25)7-15(23)21(30-19)31-6-3-12(9-31)17(1-4-24)32-10-13(8-29-32)18-14-2-5-26-20(14)28-11-27-18/h2,5,7-8,10-12,17H,1,3,6,9,25H2,(H,26,27,28)/t12-,17-/m0/s1. The first-order valence-corrected chi connectivity index (χ1v) is 10.5. The summed E-state index contributed by atoms with van der Waals surface area (Å²) in [5.74, 6) is -0.248. The fourth-order valence-electron chi connectivity index (χ4n) is 4.30. The van der Waals surface area contributed by atoms with Crippen LogP contribution in [0.2, 0.25) is 5.15 Å². The Bertz CT molecular complexity index is 1320. The van der Waals surface area contributed by atoms with Crippen LogP contribution >= 0.6 is 11.6 Å². The van der Waals surface area contributed by atoms with E-state index in [2.05, 4.69) is 31.1 Å². The highest BCUT2D eigenvalue weighted by Gasteiger charge is 2.33. The summed E-state index contributed by atoms with van der Waals surface area (Å²) in [5, 5.41) is 15.0. The molecule has 0 amide bonds. The number of nitrogens with zero attached hydrogens (tertiary/aromatic N) is 7. The number of aromatic amines is 1. The maximum atomic E-state index is 14.4. The average molecular weight is 452 g/mol. The average Bonchev–Trinajstić information content (AvgIpc) is 3.54. The molecule has 5 rings (SSSR count). The van der Waals surface area contributed by atoms with Gasteiger partial charge in [-0.15, -0.1) is 0 Å². The number of rotatable bonds is 5. The molecule has 0 unspecified atom stereocenters. The van der Waals surface area contributed by atoms with Crippen molar-refractivity contribution in [3.63, 3.8) is 0 Å². The number of pyridine rings is 1. The molecule has 11 heteroatoms. The SMILES string of the molecule is N#CC[C@@H]([C@H]1CCN(c2nc(Cl)c(N)cc2F)C1)n1cc(-c2ncnc3[nH]ccc23)cn1. The molecule has 162 valence electrons. The minimum absolute atomic E-state index is 0.0797. The van der Waals surface area contributed by atoms with Gasteiger partial charge in [0.05, 0.1) is 36.1 Å². The molecule has 1 fully saturated rings. The number of hydrogen-bond acceptors (Lipinski definition) is 7. The van der Waals surface area contributed by atoms with Gasteiger partial charge in [0.1, 0.15) is 12.0 Å². The van der Waals surface area contributed by atoms with Crippen LogP contribution in [0, 0.1) is 23.1 Å². The van der Waals surface area contributed by atoms with Gasteiger partial charge in [0.25, 0.3) is 0 Å². The van der Waals surface area contributed by atoms with Crippen molar-refractivity contribution >= 4 is 34.1 Å². The highest BCUT2D eigenvalue weighted by Crippen LogP contribution is 2.35. The van der Waals surface area contributed by atoms with E-state index >= 15 is 0 Å². The third kappa shape index (κ3) is 3.50. The van der Waals surface area contributed by atoms with Crippen LogP contribution in [0.25, 0.3) is 22.3 Å². The van der Waals surface area contributed by atoms with Gasteiger partial charge in [-0.25, -0.2) is 19.3 Å². The van der Waals surface area contributed by atoms with Crippen molar-refractivity contribution < 1.29 is 4.39 Å². The topological polar surface area (TPSA) is 125 Å². The first-order chi connectivity index (χ1) is 15.5. The minimum Gasteiger partial charge on any atom is -0.396 e. The van der Waals surface area contributed by atoms with Gasteiger partial charge in [0.15, 0.2) is 16.8 Å². The molecule has 4 aromatic rings. The zero-order valence-corrected chi connectivity index (χ0v) is 17.7. The van der Waals surface area contributed by atoms with Gasteiger partial charge in [-0.3, -0.25) is 4.68 Å². The Balaban J connectivity index is 1.41. The van der Waals surface area contributed by atoms with Crippen molar-refractivity contribution in [1.82, 2.24) is 29.7 Å². The highest BCUT2D eigenvalue weighted by atomic mass is 35.5. The van der Waals surface area contributed by atoms with Crippen molar-refractivity contribution in [2.75, 3.05) is 23.7 Å². The van der Waals surface area contributed by atoms with Crippen LogP contribution in [0.5, 0.6) is 0 Å². The summed E-state index contributed by atoms with van der Waals surface area (Å²) < 4.78 is 16.3. The Labute approximate surface area is 187 Å². The lowest BCUT2D eigenvalue weighted by Crippen LogP contribution is -2.26. The lowest BCUT2D eigenvalue weighted by molar-refractivity contribution is 0.331. The Morgan fingerprint density at radius 3 is 3.12 bits per heavy atom. The van der Waals surface area contributed by atoms with Gasteiger partial charge < -0.3 is 15.6 Å². The Morgan fingerprint density at radius 2 is 2.28 bits per heavy atom. The second-order valence-corrected chi connectivity index (χ2v) is 8.13. The Kier molecular flexibility index (Phi) is 5.11. The molecule has 1 aliphatic heterocycles. The summed E-state index contributed by atoms with van der Waals surface area (Å²) in [4.78, 5) is 17.7. The van der Waals surface area contributed by atoms with E-state index in [1.54, 1.807) is 6.20 Å². The molecular weight excluding hydrogens is 433 g/mol. The molecule has 1 saturated heterocycles. The first kappa shape index (κ1) is 20.2. The van der Waals surface area contributed by atoms with Gasteiger partial charge in [-0.1, -0.05) is 11.6 Å². The summed E-state index contributed by atoms with van der Waals surface area (Å²) in [6.45, 7) is 1.13. The van der Waals surface area contributed by atoms with Crippen molar-refractivity contribution in [3.05, 3.63) is 48.0 Å². The van der Waals surface area contributed by atoms with Crippen LogP contribution in [0.15, 0.2) is 37.1 Å². The van der Waals surface area contributed by atoms with Gasteiger partial charge in [-0.05, 0) is 12.5 Å². The zero-order chi connectivity index (χ0) is 22.2. The first-order valence-electron chi connectivity index (χ1n) is 10.1. The third-order valence-corrected chi connectivity index (χ3v) is 6.18. The van der Waals surface area contributed by atoms with E-state index in [1.807, 2.05) is 28.0 Å². The second kappa shape index (κ2) is 8.09. The van der Waals surface area contributed by atoms with Crippen LogP contribution in [0.4, 0.5) is 15.9 Å². The van der Waals surface area contributed by atoms with E-state index in [-0.39, 0.29) is 35.0 Å². The molecule has 0 bridgehead atoms. The number of anilines is 2. The van der Waals surface area contributed by atoms with Gasteiger partial charge in [0.2, 0.25) is 0 Å². The van der Waals surface area contributed by atoms with E-state index in [1.165, 1.54) is 12.4 Å². The van der Waals surface area contributed by atoms with Crippen molar-refractivity contribution in [1.29, 1.82) is 5.26 Å². The maximum Gasteiger partial charge on any atom is 0.167 e. The number of nitriles is 1. The van der Waals surface area contributed by atoms with E-state index in [0.29, 0.717) is 13.1 Å². The molecule has 0 aromatic carbocycles. The predicted octanol–water partition coefficient (Wildman–Crippen LogP) is 3.57. The van der Waals surface area contributed by atoms with E-state index < -0.39 is 5.82 Å². The van der Waals surface area contributed by atoms with Crippen LogP contribution in [-0.4, -0.2) is 42.8 Å². The van der Waals surface area contributed by atoms with Gasteiger partial charge in [-0.2, -0.15) is 10.4 Å². The van der Waals surface area contributed by atoms with Crippen LogP contribution in [0.1, 0.15) is 18.9 Å². The van der Waals surface area contributed by atoms with Crippen LogP contribution in [0.3, 0.4) is 0 Å². The van der Waals surface area contributed by atoms with E-state index in [4.69, 9.17) is 17.3 Å². The lowest BCUT2D eigenvalue weighted by Gasteiger charge is -2.23. The normalized spacial score (nSPS) is 17.0. The lowest BCUT2D eigenvalue weighted by atomic mass is 9.96. The summed E-state index contributed by atoms with van der Waals surface area (Å²) in [6, 6.07) is 5.20. The molecule has 2 atom stereocenters.